The number of amides is 1. The van der Waals surface area contributed by atoms with Crippen LogP contribution < -0.4 is 5.32 Å². The van der Waals surface area contributed by atoms with E-state index in [-0.39, 0.29) is 24.0 Å². The minimum atomic E-state index is -3.45. The third-order valence-electron chi connectivity index (χ3n) is 3.17. The van der Waals surface area contributed by atoms with Crippen molar-refractivity contribution in [2.45, 2.75) is 18.9 Å². The lowest BCUT2D eigenvalue weighted by Crippen LogP contribution is -2.55. The minimum Gasteiger partial charge on any atom is -0.332 e. The molecule has 1 saturated heterocycles. The molecule has 19 heavy (non-hydrogen) atoms. The number of rotatable bonds is 2. The summed E-state index contributed by atoms with van der Waals surface area (Å²) in [6.45, 7) is 3.20. The monoisotopic (exact) mass is 290 g/mol. The van der Waals surface area contributed by atoms with Gasteiger partial charge in [-0.1, -0.05) is 30.3 Å². The number of nitrogens with one attached hydrogen (secondary N) is 1. The minimum absolute atomic E-state index is 0. The molecule has 0 aromatic heterocycles. The Morgan fingerprint density at radius 3 is 2.58 bits per heavy atom. The summed E-state index contributed by atoms with van der Waals surface area (Å²) in [4.78, 5) is 13.2. The van der Waals surface area contributed by atoms with E-state index in [1.165, 1.54) is 29.2 Å². The molecule has 1 aliphatic heterocycles. The zero-order valence-electron chi connectivity index (χ0n) is 10.6. The normalized spacial score (nSPS) is 19.7. The van der Waals surface area contributed by atoms with Crippen LogP contribution in [0, 0.1) is 0 Å². The molecule has 1 amide bonds. The second kappa shape index (κ2) is 6.30. The highest BCUT2D eigenvalue weighted by Crippen LogP contribution is 2.30. The van der Waals surface area contributed by atoms with Crippen LogP contribution in [0.2, 0.25) is 0 Å². The van der Waals surface area contributed by atoms with Gasteiger partial charge in [-0.05, 0) is 6.92 Å². The van der Waals surface area contributed by atoms with Crippen molar-refractivity contribution in [3.8, 4) is 0 Å². The lowest BCUT2D eigenvalue weighted by atomic mass is 10.1. The van der Waals surface area contributed by atoms with Gasteiger partial charge in [-0.2, -0.15) is 8.78 Å². The second-order valence-electron chi connectivity index (χ2n) is 4.49. The summed E-state index contributed by atoms with van der Waals surface area (Å²) in [6.07, 6.45) is 0. The molecule has 0 spiro atoms. The third kappa shape index (κ3) is 3.22. The fourth-order valence-corrected chi connectivity index (χ4v) is 2.09. The summed E-state index contributed by atoms with van der Waals surface area (Å²) < 4.78 is 28.2. The van der Waals surface area contributed by atoms with Gasteiger partial charge in [0.05, 0.1) is 0 Å². The Labute approximate surface area is 117 Å². The Balaban J connectivity index is 0.00000180. The number of nitrogens with zero attached hydrogens (tertiary/aromatic N) is 1. The highest BCUT2D eigenvalue weighted by Gasteiger charge is 2.45. The fourth-order valence-electron chi connectivity index (χ4n) is 2.09. The summed E-state index contributed by atoms with van der Waals surface area (Å²) in [7, 11) is 0. The van der Waals surface area contributed by atoms with E-state index in [0.29, 0.717) is 19.6 Å². The number of carbonyl (C=O) groups is 1. The van der Waals surface area contributed by atoms with E-state index in [9.17, 15) is 13.6 Å². The molecule has 0 aliphatic carbocycles. The molecule has 0 unspecified atom stereocenters. The predicted octanol–water partition coefficient (Wildman–Crippen LogP) is 2.02. The molecule has 1 N–H and O–H groups in total. The molecule has 1 aromatic carbocycles. The number of carbonyl (C=O) groups excluding carboxylic acids is 1. The van der Waals surface area contributed by atoms with Crippen molar-refractivity contribution in [3.05, 3.63) is 35.9 Å². The van der Waals surface area contributed by atoms with Crippen LogP contribution >= 0.6 is 12.4 Å². The number of hydrogen-bond donors (Lipinski definition) is 1. The first-order valence-corrected chi connectivity index (χ1v) is 5.98. The van der Waals surface area contributed by atoms with Gasteiger partial charge in [0.2, 0.25) is 0 Å². The molecular formula is C13H17ClF2N2O. The molecule has 1 atom stereocenters. The van der Waals surface area contributed by atoms with Crippen LogP contribution in [0.4, 0.5) is 8.78 Å². The molecule has 2 rings (SSSR count). The van der Waals surface area contributed by atoms with Gasteiger partial charge < -0.3 is 10.2 Å². The van der Waals surface area contributed by atoms with Crippen molar-refractivity contribution in [2.24, 2.45) is 0 Å². The molecule has 6 heteroatoms. The molecule has 1 fully saturated rings. The fraction of sp³-hybridized carbons (Fsp3) is 0.462. The first-order chi connectivity index (χ1) is 8.53. The average Bonchev–Trinajstić information content (AvgIpc) is 2.39. The van der Waals surface area contributed by atoms with Crippen LogP contribution in [0.25, 0.3) is 0 Å². The summed E-state index contributed by atoms with van der Waals surface area (Å²) in [5.41, 5.74) is -0.249. The Bertz CT molecular complexity index is 428. The van der Waals surface area contributed by atoms with Crippen molar-refractivity contribution < 1.29 is 13.6 Å². The van der Waals surface area contributed by atoms with E-state index in [0.717, 1.165) is 0 Å². The number of halogens is 3. The highest BCUT2D eigenvalue weighted by molar-refractivity contribution is 5.85. The van der Waals surface area contributed by atoms with Crippen molar-refractivity contribution in [2.75, 3.05) is 19.6 Å². The highest BCUT2D eigenvalue weighted by atomic mass is 35.5. The topological polar surface area (TPSA) is 32.3 Å². The van der Waals surface area contributed by atoms with Crippen molar-refractivity contribution >= 4 is 18.3 Å². The van der Waals surface area contributed by atoms with Gasteiger partial charge in [0.1, 0.15) is 0 Å². The molecule has 1 aliphatic rings. The Hall–Kier alpha value is -1.20. The standard InChI is InChI=1S/C13H16F2N2O.ClH/c1-10-9-16-7-8-17(10)12(18)13(14,15)11-5-3-2-4-6-11;/h2-6,10,16H,7-9H2,1H3;1H/t10-;/m1./s1. The molecule has 1 heterocycles. The number of piperazine rings is 1. The van der Waals surface area contributed by atoms with Crippen molar-refractivity contribution in [1.29, 1.82) is 0 Å². The maximum absolute atomic E-state index is 14.1. The van der Waals surface area contributed by atoms with Gasteiger partial charge in [0.25, 0.3) is 5.91 Å². The zero-order chi connectivity index (χ0) is 13.2. The predicted molar refractivity (Wildman–Crippen MR) is 71.6 cm³/mol. The van der Waals surface area contributed by atoms with E-state index >= 15 is 0 Å². The number of alkyl halides is 2. The third-order valence-corrected chi connectivity index (χ3v) is 3.17. The van der Waals surface area contributed by atoms with Crippen LogP contribution in [0.1, 0.15) is 12.5 Å². The van der Waals surface area contributed by atoms with Gasteiger partial charge in [-0.15, -0.1) is 12.4 Å². The Kier molecular flexibility index (Phi) is 5.26. The molecular weight excluding hydrogens is 274 g/mol. The molecule has 106 valence electrons. The summed E-state index contributed by atoms with van der Waals surface area (Å²) >= 11 is 0. The van der Waals surface area contributed by atoms with E-state index < -0.39 is 11.8 Å². The molecule has 0 saturated carbocycles. The number of hydrogen-bond acceptors (Lipinski definition) is 2. The van der Waals surface area contributed by atoms with Gasteiger partial charge in [-0.3, -0.25) is 4.79 Å². The lowest BCUT2D eigenvalue weighted by Gasteiger charge is -2.36. The first kappa shape index (κ1) is 15.9. The van der Waals surface area contributed by atoms with Crippen molar-refractivity contribution in [1.82, 2.24) is 10.2 Å². The van der Waals surface area contributed by atoms with Crippen LogP contribution in [0.5, 0.6) is 0 Å². The first-order valence-electron chi connectivity index (χ1n) is 5.98. The lowest BCUT2D eigenvalue weighted by molar-refractivity contribution is -0.162. The Morgan fingerprint density at radius 1 is 1.37 bits per heavy atom. The summed E-state index contributed by atoms with van der Waals surface area (Å²) in [5.74, 6) is -4.56. The zero-order valence-corrected chi connectivity index (χ0v) is 11.4. The maximum atomic E-state index is 14.1. The molecule has 1 aromatic rings. The van der Waals surface area contributed by atoms with Gasteiger partial charge in [0, 0.05) is 31.2 Å². The average molecular weight is 291 g/mol. The largest absolute Gasteiger partial charge is 0.349 e. The molecule has 0 radical (unpaired) electrons. The molecule has 3 nitrogen and oxygen atoms in total. The Morgan fingerprint density at radius 2 is 2.00 bits per heavy atom. The number of benzene rings is 1. The van der Waals surface area contributed by atoms with Crippen LogP contribution in [-0.2, 0) is 10.7 Å². The van der Waals surface area contributed by atoms with Gasteiger partial charge in [-0.25, -0.2) is 0 Å². The van der Waals surface area contributed by atoms with Gasteiger partial charge in [0.15, 0.2) is 0 Å². The molecule has 0 bridgehead atoms. The summed E-state index contributed by atoms with van der Waals surface area (Å²) in [5, 5.41) is 3.07. The van der Waals surface area contributed by atoms with Crippen LogP contribution in [-0.4, -0.2) is 36.5 Å². The van der Waals surface area contributed by atoms with E-state index in [1.54, 1.807) is 13.0 Å². The van der Waals surface area contributed by atoms with E-state index in [1.807, 2.05) is 0 Å². The van der Waals surface area contributed by atoms with Gasteiger partial charge >= 0.3 is 5.92 Å². The van der Waals surface area contributed by atoms with E-state index in [4.69, 9.17) is 0 Å². The smallest absolute Gasteiger partial charge is 0.332 e. The van der Waals surface area contributed by atoms with Crippen molar-refractivity contribution in [3.63, 3.8) is 0 Å². The van der Waals surface area contributed by atoms with Crippen LogP contribution in [0.3, 0.4) is 0 Å². The summed E-state index contributed by atoms with van der Waals surface area (Å²) in [6, 6.07) is 7.03. The quantitative estimate of drug-likeness (QED) is 0.904. The maximum Gasteiger partial charge on any atom is 0.349 e. The second-order valence-corrected chi connectivity index (χ2v) is 4.49. The SMILES string of the molecule is C[C@@H]1CNCCN1C(=O)C(F)(F)c1ccccc1.Cl. The van der Waals surface area contributed by atoms with E-state index in [2.05, 4.69) is 5.32 Å². The van der Waals surface area contributed by atoms with Crippen LogP contribution in [0.15, 0.2) is 30.3 Å².